The standard InChI is InChI=1S/C16H15F3N2O/c17-16(18,19)12-5-15(22)21-14-6-13-10(4-11(12)14)9-3-1-2-8(9)7-20-13/h4-6,8-9,20H,1-3,7H2,(H,21,22)/t8-,9-/m0/s1. The molecule has 22 heavy (non-hydrogen) atoms. The molecule has 3 nitrogen and oxygen atoms in total. The molecule has 2 aromatic rings. The van der Waals surface area contributed by atoms with Gasteiger partial charge in [0.05, 0.1) is 11.1 Å². The number of H-pyrrole nitrogens is 1. The summed E-state index contributed by atoms with van der Waals surface area (Å²) in [6.07, 6.45) is -1.27. The number of rotatable bonds is 0. The molecule has 0 amide bonds. The number of halogens is 3. The molecule has 1 aromatic carbocycles. The van der Waals surface area contributed by atoms with Crippen LogP contribution in [-0.4, -0.2) is 11.5 Å². The molecule has 1 saturated carbocycles. The van der Waals surface area contributed by atoms with E-state index in [4.69, 9.17) is 0 Å². The van der Waals surface area contributed by atoms with E-state index in [1.807, 2.05) is 0 Å². The number of alkyl halides is 3. The minimum absolute atomic E-state index is 0.0835. The van der Waals surface area contributed by atoms with Crippen molar-refractivity contribution in [2.45, 2.75) is 31.4 Å². The summed E-state index contributed by atoms with van der Waals surface area (Å²) in [7, 11) is 0. The van der Waals surface area contributed by atoms with Crippen LogP contribution in [0, 0.1) is 5.92 Å². The van der Waals surface area contributed by atoms with E-state index >= 15 is 0 Å². The van der Waals surface area contributed by atoms with Crippen molar-refractivity contribution in [2.75, 3.05) is 11.9 Å². The lowest BCUT2D eigenvalue weighted by molar-refractivity contribution is -0.136. The Morgan fingerprint density at radius 3 is 2.73 bits per heavy atom. The summed E-state index contributed by atoms with van der Waals surface area (Å²) in [6.45, 7) is 0.854. The Morgan fingerprint density at radius 2 is 1.95 bits per heavy atom. The lowest BCUT2D eigenvalue weighted by Crippen LogP contribution is -2.24. The van der Waals surface area contributed by atoms with Crippen molar-refractivity contribution in [1.29, 1.82) is 0 Å². The van der Waals surface area contributed by atoms with Crippen LogP contribution in [0.4, 0.5) is 18.9 Å². The van der Waals surface area contributed by atoms with Gasteiger partial charge in [-0.15, -0.1) is 0 Å². The number of anilines is 1. The van der Waals surface area contributed by atoms with Crippen LogP contribution >= 0.6 is 0 Å². The van der Waals surface area contributed by atoms with Gasteiger partial charge in [0.25, 0.3) is 0 Å². The second-order valence-corrected chi connectivity index (χ2v) is 6.21. The third kappa shape index (κ3) is 2.01. The summed E-state index contributed by atoms with van der Waals surface area (Å²) in [6, 6.07) is 3.92. The quantitative estimate of drug-likeness (QED) is 0.776. The zero-order valence-electron chi connectivity index (χ0n) is 11.8. The highest BCUT2D eigenvalue weighted by Crippen LogP contribution is 2.47. The Bertz CT molecular complexity index is 809. The van der Waals surface area contributed by atoms with Crippen LogP contribution in [0.2, 0.25) is 0 Å². The fourth-order valence-corrected chi connectivity index (χ4v) is 3.95. The van der Waals surface area contributed by atoms with Gasteiger partial charge in [0, 0.05) is 23.7 Å². The van der Waals surface area contributed by atoms with E-state index in [0.717, 1.165) is 37.1 Å². The zero-order chi connectivity index (χ0) is 15.5. The summed E-state index contributed by atoms with van der Waals surface area (Å²) < 4.78 is 39.7. The lowest BCUT2D eigenvalue weighted by atomic mass is 9.83. The first-order valence-corrected chi connectivity index (χ1v) is 7.45. The fourth-order valence-electron chi connectivity index (χ4n) is 3.95. The average Bonchev–Trinajstić information content (AvgIpc) is 2.92. The lowest BCUT2D eigenvalue weighted by Gasteiger charge is -2.30. The normalized spacial score (nSPS) is 24.0. The first-order valence-electron chi connectivity index (χ1n) is 7.45. The van der Waals surface area contributed by atoms with Gasteiger partial charge in [0.15, 0.2) is 0 Å². The molecule has 0 radical (unpaired) electrons. The second-order valence-electron chi connectivity index (χ2n) is 6.21. The van der Waals surface area contributed by atoms with Crippen molar-refractivity contribution >= 4 is 16.6 Å². The van der Waals surface area contributed by atoms with Gasteiger partial charge in [-0.05, 0) is 42.4 Å². The van der Waals surface area contributed by atoms with Crippen molar-refractivity contribution in [1.82, 2.24) is 4.98 Å². The highest BCUT2D eigenvalue weighted by Gasteiger charge is 2.36. The van der Waals surface area contributed by atoms with Gasteiger partial charge < -0.3 is 10.3 Å². The van der Waals surface area contributed by atoms with E-state index in [1.165, 1.54) is 0 Å². The smallest absolute Gasteiger partial charge is 0.384 e. The number of hydrogen-bond acceptors (Lipinski definition) is 2. The van der Waals surface area contributed by atoms with Crippen molar-refractivity contribution in [3.63, 3.8) is 0 Å². The van der Waals surface area contributed by atoms with Gasteiger partial charge in [-0.1, -0.05) is 6.42 Å². The van der Waals surface area contributed by atoms with E-state index < -0.39 is 17.3 Å². The highest BCUT2D eigenvalue weighted by molar-refractivity contribution is 5.87. The van der Waals surface area contributed by atoms with E-state index in [2.05, 4.69) is 10.3 Å². The van der Waals surface area contributed by atoms with E-state index in [-0.39, 0.29) is 10.9 Å². The summed E-state index contributed by atoms with van der Waals surface area (Å²) in [5.41, 5.74) is 0.468. The molecule has 2 N–H and O–H groups in total. The number of pyridine rings is 1. The maximum Gasteiger partial charge on any atom is 0.417 e. The molecule has 2 heterocycles. The molecule has 2 aliphatic rings. The van der Waals surface area contributed by atoms with Gasteiger partial charge in [0.1, 0.15) is 0 Å². The van der Waals surface area contributed by atoms with Crippen molar-refractivity contribution in [3.05, 3.63) is 39.7 Å². The first-order chi connectivity index (χ1) is 10.4. The minimum atomic E-state index is -4.53. The molecule has 0 saturated heterocycles. The molecule has 6 heteroatoms. The molecular weight excluding hydrogens is 293 g/mol. The number of aromatic nitrogens is 1. The molecule has 0 bridgehead atoms. The number of hydrogen-bond donors (Lipinski definition) is 2. The Hall–Kier alpha value is -1.98. The summed E-state index contributed by atoms with van der Waals surface area (Å²) in [5.74, 6) is 0.829. The molecule has 1 aromatic heterocycles. The van der Waals surface area contributed by atoms with Crippen molar-refractivity contribution in [2.24, 2.45) is 5.92 Å². The molecule has 2 atom stereocenters. The predicted octanol–water partition coefficient (Wildman–Crippen LogP) is 3.86. The van der Waals surface area contributed by atoms with Gasteiger partial charge in [-0.25, -0.2) is 0 Å². The summed E-state index contributed by atoms with van der Waals surface area (Å²) in [5, 5.41) is 3.38. The Balaban J connectivity index is 2.00. The largest absolute Gasteiger partial charge is 0.417 e. The molecule has 4 rings (SSSR count). The maximum absolute atomic E-state index is 13.2. The number of nitrogens with one attached hydrogen (secondary N) is 2. The highest BCUT2D eigenvalue weighted by atomic mass is 19.4. The number of aromatic amines is 1. The molecular formula is C16H15F3N2O. The van der Waals surface area contributed by atoms with Crippen LogP contribution in [0.25, 0.3) is 10.9 Å². The summed E-state index contributed by atoms with van der Waals surface area (Å²) >= 11 is 0. The fraction of sp³-hybridized carbons (Fsp3) is 0.438. The SMILES string of the molecule is O=c1cc(C(F)(F)F)c2cc3c(cc2[nH]1)NC[C@@H]1CCC[C@H]31. The number of fused-ring (bicyclic) bond motifs is 4. The van der Waals surface area contributed by atoms with Gasteiger partial charge in [-0.3, -0.25) is 4.79 Å². The minimum Gasteiger partial charge on any atom is -0.384 e. The van der Waals surface area contributed by atoms with Gasteiger partial charge in [-0.2, -0.15) is 13.2 Å². The second kappa shape index (κ2) is 4.51. The van der Waals surface area contributed by atoms with Crippen LogP contribution in [0.1, 0.15) is 36.3 Å². The Labute approximate surface area is 124 Å². The first kappa shape index (κ1) is 13.7. The molecule has 1 fully saturated rings. The molecule has 1 aliphatic heterocycles. The van der Waals surface area contributed by atoms with E-state index in [1.54, 1.807) is 12.1 Å². The topological polar surface area (TPSA) is 44.9 Å². The van der Waals surface area contributed by atoms with Crippen molar-refractivity contribution in [3.8, 4) is 0 Å². The zero-order valence-corrected chi connectivity index (χ0v) is 11.8. The van der Waals surface area contributed by atoms with Crippen LogP contribution in [0.5, 0.6) is 0 Å². The predicted molar refractivity (Wildman–Crippen MR) is 78.1 cm³/mol. The number of benzene rings is 1. The third-order valence-electron chi connectivity index (χ3n) is 4.93. The van der Waals surface area contributed by atoms with Crippen molar-refractivity contribution < 1.29 is 13.2 Å². The molecule has 0 spiro atoms. The van der Waals surface area contributed by atoms with E-state index in [0.29, 0.717) is 17.9 Å². The molecule has 0 unspecified atom stereocenters. The Morgan fingerprint density at radius 1 is 1.14 bits per heavy atom. The third-order valence-corrected chi connectivity index (χ3v) is 4.93. The maximum atomic E-state index is 13.2. The van der Waals surface area contributed by atoms with Crippen LogP contribution in [0.15, 0.2) is 23.0 Å². The van der Waals surface area contributed by atoms with Crippen LogP contribution in [0.3, 0.4) is 0 Å². The van der Waals surface area contributed by atoms with Gasteiger partial charge in [0.2, 0.25) is 5.56 Å². The molecule has 116 valence electrons. The van der Waals surface area contributed by atoms with E-state index in [9.17, 15) is 18.0 Å². The average molecular weight is 308 g/mol. The summed E-state index contributed by atoms with van der Waals surface area (Å²) in [4.78, 5) is 14.0. The van der Waals surface area contributed by atoms with Gasteiger partial charge >= 0.3 is 6.18 Å². The van der Waals surface area contributed by atoms with Crippen LogP contribution < -0.4 is 10.9 Å². The van der Waals surface area contributed by atoms with Crippen LogP contribution in [-0.2, 0) is 6.18 Å². The Kier molecular flexibility index (Phi) is 2.80. The monoisotopic (exact) mass is 308 g/mol. The molecule has 1 aliphatic carbocycles.